The molecule has 5 heteroatoms. The standard InChI is InChI=1S/C15H27F3N2/c1-20-10-7-12(8-11-20)6-9-19-14-4-2-13(3-5-14)15(16,17)18/h12-14,19H,2-11H2,1H3. The Hall–Kier alpha value is -0.290. The van der Waals surface area contributed by atoms with Gasteiger partial charge in [-0.3, -0.25) is 0 Å². The second kappa shape index (κ2) is 7.12. The molecular weight excluding hydrogens is 265 g/mol. The summed E-state index contributed by atoms with van der Waals surface area (Å²) in [4.78, 5) is 2.36. The Labute approximate surface area is 120 Å². The first-order chi connectivity index (χ1) is 9.45. The van der Waals surface area contributed by atoms with E-state index in [1.54, 1.807) is 0 Å². The molecule has 2 rings (SSSR count). The lowest BCUT2D eigenvalue weighted by molar-refractivity contribution is -0.182. The fraction of sp³-hybridized carbons (Fsp3) is 1.00. The van der Waals surface area contributed by atoms with Crippen LogP contribution in [0.1, 0.15) is 44.9 Å². The lowest BCUT2D eigenvalue weighted by atomic mass is 9.85. The molecule has 0 bridgehead atoms. The van der Waals surface area contributed by atoms with Crippen LogP contribution in [0.4, 0.5) is 13.2 Å². The van der Waals surface area contributed by atoms with Gasteiger partial charge in [0.05, 0.1) is 5.92 Å². The molecule has 1 aliphatic heterocycles. The Bertz CT molecular complexity index is 277. The number of halogens is 3. The van der Waals surface area contributed by atoms with Gasteiger partial charge in [-0.25, -0.2) is 0 Å². The molecule has 1 heterocycles. The van der Waals surface area contributed by atoms with Crippen LogP contribution in [0.25, 0.3) is 0 Å². The van der Waals surface area contributed by atoms with Crippen LogP contribution < -0.4 is 5.32 Å². The molecule has 0 aromatic carbocycles. The highest BCUT2D eigenvalue weighted by Gasteiger charge is 2.41. The van der Waals surface area contributed by atoms with E-state index in [2.05, 4.69) is 17.3 Å². The number of likely N-dealkylation sites (tertiary alicyclic amines) is 1. The van der Waals surface area contributed by atoms with Gasteiger partial charge in [-0.1, -0.05) is 0 Å². The van der Waals surface area contributed by atoms with E-state index in [0.717, 1.165) is 12.5 Å². The third kappa shape index (κ3) is 4.92. The minimum atomic E-state index is -3.99. The van der Waals surface area contributed by atoms with Crippen molar-refractivity contribution in [1.82, 2.24) is 10.2 Å². The van der Waals surface area contributed by atoms with Crippen LogP contribution in [-0.2, 0) is 0 Å². The predicted molar refractivity (Wildman–Crippen MR) is 74.6 cm³/mol. The highest BCUT2D eigenvalue weighted by atomic mass is 19.4. The zero-order valence-electron chi connectivity index (χ0n) is 12.4. The number of hydrogen-bond donors (Lipinski definition) is 1. The maximum absolute atomic E-state index is 12.6. The minimum Gasteiger partial charge on any atom is -0.314 e. The van der Waals surface area contributed by atoms with E-state index in [1.807, 2.05) is 0 Å². The summed E-state index contributed by atoms with van der Waals surface area (Å²) in [5.41, 5.74) is 0. The van der Waals surface area contributed by atoms with Crippen LogP contribution >= 0.6 is 0 Å². The molecule has 20 heavy (non-hydrogen) atoms. The Kier molecular flexibility index (Phi) is 5.73. The average molecular weight is 292 g/mol. The van der Waals surface area contributed by atoms with Crippen molar-refractivity contribution >= 4 is 0 Å². The molecule has 0 atom stereocenters. The minimum absolute atomic E-state index is 0.301. The molecule has 118 valence electrons. The van der Waals surface area contributed by atoms with Gasteiger partial charge in [-0.05, 0) is 77.5 Å². The molecule has 2 fully saturated rings. The Morgan fingerprint density at radius 2 is 1.60 bits per heavy atom. The predicted octanol–water partition coefficient (Wildman–Crippen LogP) is 3.43. The zero-order valence-corrected chi connectivity index (χ0v) is 12.4. The van der Waals surface area contributed by atoms with Gasteiger partial charge < -0.3 is 10.2 Å². The molecular formula is C15H27F3N2. The van der Waals surface area contributed by atoms with E-state index in [4.69, 9.17) is 0 Å². The van der Waals surface area contributed by atoms with Gasteiger partial charge in [0.2, 0.25) is 0 Å². The topological polar surface area (TPSA) is 15.3 Å². The van der Waals surface area contributed by atoms with E-state index >= 15 is 0 Å². The molecule has 0 aromatic rings. The molecule has 0 unspecified atom stereocenters. The largest absolute Gasteiger partial charge is 0.391 e. The first kappa shape index (κ1) is 16.1. The van der Waals surface area contributed by atoms with Crippen LogP contribution in [0.15, 0.2) is 0 Å². The third-order valence-electron chi connectivity index (χ3n) is 5.01. The van der Waals surface area contributed by atoms with Gasteiger partial charge >= 0.3 is 6.18 Å². The van der Waals surface area contributed by atoms with E-state index < -0.39 is 12.1 Å². The van der Waals surface area contributed by atoms with Crippen molar-refractivity contribution in [2.75, 3.05) is 26.7 Å². The van der Waals surface area contributed by atoms with E-state index in [0.29, 0.717) is 31.7 Å². The molecule has 0 amide bonds. The Morgan fingerprint density at radius 1 is 1.00 bits per heavy atom. The summed E-state index contributed by atoms with van der Waals surface area (Å²) >= 11 is 0. The quantitative estimate of drug-likeness (QED) is 0.854. The van der Waals surface area contributed by atoms with Crippen LogP contribution in [0, 0.1) is 11.8 Å². The third-order valence-corrected chi connectivity index (χ3v) is 5.01. The lowest BCUT2D eigenvalue weighted by Gasteiger charge is -2.32. The molecule has 1 saturated carbocycles. The first-order valence-electron chi connectivity index (χ1n) is 7.94. The van der Waals surface area contributed by atoms with Crippen molar-refractivity contribution in [2.45, 2.75) is 57.2 Å². The van der Waals surface area contributed by atoms with Gasteiger partial charge in [0.25, 0.3) is 0 Å². The van der Waals surface area contributed by atoms with Gasteiger partial charge in [0.1, 0.15) is 0 Å². The molecule has 0 spiro atoms. The van der Waals surface area contributed by atoms with Crippen LogP contribution in [-0.4, -0.2) is 43.8 Å². The SMILES string of the molecule is CN1CCC(CCNC2CCC(C(F)(F)F)CC2)CC1. The summed E-state index contributed by atoms with van der Waals surface area (Å²) in [6.45, 7) is 3.33. The monoisotopic (exact) mass is 292 g/mol. The van der Waals surface area contributed by atoms with Crippen LogP contribution in [0.5, 0.6) is 0 Å². The first-order valence-corrected chi connectivity index (χ1v) is 7.94. The van der Waals surface area contributed by atoms with E-state index in [-0.39, 0.29) is 0 Å². The molecule has 0 aromatic heterocycles. The lowest BCUT2D eigenvalue weighted by Crippen LogP contribution is -2.38. The van der Waals surface area contributed by atoms with Crippen molar-refractivity contribution in [3.8, 4) is 0 Å². The number of nitrogens with one attached hydrogen (secondary N) is 1. The number of rotatable bonds is 4. The van der Waals surface area contributed by atoms with Crippen molar-refractivity contribution in [2.24, 2.45) is 11.8 Å². The molecule has 2 aliphatic rings. The van der Waals surface area contributed by atoms with Crippen LogP contribution in [0.3, 0.4) is 0 Å². The van der Waals surface area contributed by atoms with Gasteiger partial charge in [-0.2, -0.15) is 13.2 Å². The van der Waals surface area contributed by atoms with Crippen molar-refractivity contribution in [1.29, 1.82) is 0 Å². The fourth-order valence-electron chi connectivity index (χ4n) is 3.47. The fourth-order valence-corrected chi connectivity index (χ4v) is 3.47. The summed E-state index contributed by atoms with van der Waals surface area (Å²) in [6.07, 6.45) is 1.67. The maximum atomic E-state index is 12.6. The molecule has 2 nitrogen and oxygen atoms in total. The Morgan fingerprint density at radius 3 is 2.15 bits per heavy atom. The summed E-state index contributed by atoms with van der Waals surface area (Å²) in [5, 5.41) is 3.47. The van der Waals surface area contributed by atoms with Crippen molar-refractivity contribution < 1.29 is 13.2 Å². The molecule has 0 radical (unpaired) electrons. The average Bonchev–Trinajstić information content (AvgIpc) is 2.41. The van der Waals surface area contributed by atoms with E-state index in [9.17, 15) is 13.2 Å². The Balaban J connectivity index is 1.57. The number of nitrogens with zero attached hydrogens (tertiary/aromatic N) is 1. The second-order valence-corrected chi connectivity index (χ2v) is 6.58. The molecule has 1 aliphatic carbocycles. The molecule has 1 saturated heterocycles. The number of hydrogen-bond acceptors (Lipinski definition) is 2. The number of piperidine rings is 1. The van der Waals surface area contributed by atoms with Gasteiger partial charge in [-0.15, -0.1) is 0 Å². The highest BCUT2D eigenvalue weighted by Crippen LogP contribution is 2.37. The van der Waals surface area contributed by atoms with Crippen molar-refractivity contribution in [3.63, 3.8) is 0 Å². The normalized spacial score (nSPS) is 30.6. The summed E-state index contributed by atoms with van der Waals surface area (Å²) in [6, 6.07) is 0.305. The van der Waals surface area contributed by atoms with Crippen LogP contribution in [0.2, 0.25) is 0 Å². The molecule has 1 N–H and O–H groups in total. The number of alkyl halides is 3. The van der Waals surface area contributed by atoms with Gasteiger partial charge in [0.15, 0.2) is 0 Å². The smallest absolute Gasteiger partial charge is 0.314 e. The maximum Gasteiger partial charge on any atom is 0.391 e. The summed E-state index contributed by atoms with van der Waals surface area (Å²) < 4.78 is 37.7. The zero-order chi connectivity index (χ0) is 14.6. The van der Waals surface area contributed by atoms with Crippen molar-refractivity contribution in [3.05, 3.63) is 0 Å². The van der Waals surface area contributed by atoms with Gasteiger partial charge in [0, 0.05) is 6.04 Å². The summed E-state index contributed by atoms with van der Waals surface area (Å²) in [7, 11) is 2.16. The summed E-state index contributed by atoms with van der Waals surface area (Å²) in [5.74, 6) is -0.264. The second-order valence-electron chi connectivity index (χ2n) is 6.58. The van der Waals surface area contributed by atoms with E-state index in [1.165, 1.54) is 32.4 Å². The highest BCUT2D eigenvalue weighted by molar-refractivity contribution is 4.81.